The van der Waals surface area contributed by atoms with E-state index in [0.29, 0.717) is 18.1 Å². The van der Waals surface area contributed by atoms with Crippen molar-refractivity contribution >= 4 is 11.3 Å². The standard InChI is InChI=1S/C16H29N3S/c1-5-10-19(15-8-6-14(17)7-9-15)11(2)16-12(3)20-13(4)18-16/h11,14-15H,5-10,17H2,1-4H3. The predicted molar refractivity (Wildman–Crippen MR) is 87.2 cm³/mol. The molecule has 1 aromatic rings. The zero-order valence-electron chi connectivity index (χ0n) is 13.4. The van der Waals surface area contributed by atoms with Gasteiger partial charge in [-0.1, -0.05) is 6.92 Å². The van der Waals surface area contributed by atoms with Crippen molar-refractivity contribution in [2.45, 2.75) is 77.9 Å². The van der Waals surface area contributed by atoms with Crippen molar-refractivity contribution in [1.82, 2.24) is 9.88 Å². The summed E-state index contributed by atoms with van der Waals surface area (Å²) in [5.41, 5.74) is 7.34. The average Bonchev–Trinajstić information content (AvgIpc) is 2.75. The van der Waals surface area contributed by atoms with Crippen LogP contribution in [0.3, 0.4) is 0 Å². The minimum absolute atomic E-state index is 0.424. The molecule has 0 spiro atoms. The van der Waals surface area contributed by atoms with Crippen LogP contribution in [0.15, 0.2) is 0 Å². The fraction of sp³-hybridized carbons (Fsp3) is 0.812. The molecule has 1 saturated carbocycles. The summed E-state index contributed by atoms with van der Waals surface area (Å²) in [5.74, 6) is 0. The Balaban J connectivity index is 2.13. The smallest absolute Gasteiger partial charge is 0.0900 e. The SMILES string of the molecule is CCCN(C1CCC(N)CC1)C(C)c1nc(C)sc1C. The zero-order chi connectivity index (χ0) is 14.7. The molecule has 1 aromatic heterocycles. The minimum Gasteiger partial charge on any atom is -0.328 e. The van der Waals surface area contributed by atoms with Crippen LogP contribution in [0.4, 0.5) is 0 Å². The maximum absolute atomic E-state index is 6.06. The number of rotatable bonds is 5. The van der Waals surface area contributed by atoms with Crippen LogP contribution in [0.5, 0.6) is 0 Å². The summed E-state index contributed by atoms with van der Waals surface area (Å²) in [6.45, 7) is 10.1. The van der Waals surface area contributed by atoms with Crippen LogP contribution in [-0.2, 0) is 0 Å². The Bertz CT molecular complexity index is 421. The van der Waals surface area contributed by atoms with Crippen LogP contribution in [0, 0.1) is 13.8 Å². The summed E-state index contributed by atoms with van der Waals surface area (Å²) in [7, 11) is 0. The minimum atomic E-state index is 0.424. The molecule has 1 atom stereocenters. The van der Waals surface area contributed by atoms with Crippen molar-refractivity contribution in [3.05, 3.63) is 15.6 Å². The first kappa shape index (κ1) is 15.9. The summed E-state index contributed by atoms with van der Waals surface area (Å²) < 4.78 is 0. The van der Waals surface area contributed by atoms with E-state index < -0.39 is 0 Å². The van der Waals surface area contributed by atoms with Gasteiger partial charge < -0.3 is 5.73 Å². The van der Waals surface area contributed by atoms with Gasteiger partial charge in [0.15, 0.2) is 0 Å². The first-order chi connectivity index (χ1) is 9.52. The molecule has 0 radical (unpaired) electrons. The molecule has 0 bridgehead atoms. The number of aromatic nitrogens is 1. The van der Waals surface area contributed by atoms with E-state index in [1.807, 2.05) is 11.3 Å². The highest BCUT2D eigenvalue weighted by Crippen LogP contribution is 2.32. The van der Waals surface area contributed by atoms with Crippen LogP contribution < -0.4 is 5.73 Å². The molecule has 0 saturated heterocycles. The van der Waals surface area contributed by atoms with Crippen molar-refractivity contribution < 1.29 is 0 Å². The Morgan fingerprint density at radius 2 is 1.95 bits per heavy atom. The average molecular weight is 295 g/mol. The third kappa shape index (κ3) is 3.60. The lowest BCUT2D eigenvalue weighted by Gasteiger charge is -2.39. The summed E-state index contributed by atoms with van der Waals surface area (Å²) >= 11 is 1.82. The van der Waals surface area contributed by atoms with Gasteiger partial charge >= 0.3 is 0 Å². The second-order valence-corrected chi connectivity index (χ2v) is 7.56. The normalized spacial score (nSPS) is 25.1. The molecule has 0 amide bonds. The van der Waals surface area contributed by atoms with Gasteiger partial charge in [0.1, 0.15) is 0 Å². The van der Waals surface area contributed by atoms with E-state index in [4.69, 9.17) is 10.7 Å². The third-order valence-electron chi connectivity index (χ3n) is 4.52. The Hall–Kier alpha value is -0.450. The van der Waals surface area contributed by atoms with Crippen LogP contribution in [0.1, 0.15) is 67.6 Å². The number of hydrogen-bond acceptors (Lipinski definition) is 4. The highest BCUT2D eigenvalue weighted by atomic mass is 32.1. The summed E-state index contributed by atoms with van der Waals surface area (Å²) in [5, 5.41) is 1.19. The van der Waals surface area contributed by atoms with Gasteiger partial charge in [-0.3, -0.25) is 4.90 Å². The number of aryl methyl sites for hydroxylation is 2. The van der Waals surface area contributed by atoms with Gasteiger partial charge in [0.2, 0.25) is 0 Å². The van der Waals surface area contributed by atoms with Crippen molar-refractivity contribution in [3.8, 4) is 0 Å². The van der Waals surface area contributed by atoms with E-state index in [9.17, 15) is 0 Å². The quantitative estimate of drug-likeness (QED) is 0.898. The Kier molecular flexibility index (Phi) is 5.58. The van der Waals surface area contributed by atoms with E-state index in [1.54, 1.807) is 0 Å². The molecule has 0 aliphatic heterocycles. The van der Waals surface area contributed by atoms with Crippen LogP contribution in [0.2, 0.25) is 0 Å². The molecule has 1 aliphatic carbocycles. The van der Waals surface area contributed by atoms with Crippen molar-refractivity contribution in [1.29, 1.82) is 0 Å². The monoisotopic (exact) mass is 295 g/mol. The third-order valence-corrected chi connectivity index (χ3v) is 5.43. The van der Waals surface area contributed by atoms with E-state index in [-0.39, 0.29) is 0 Å². The number of hydrogen-bond donors (Lipinski definition) is 1. The number of nitrogens with zero attached hydrogens (tertiary/aromatic N) is 2. The Morgan fingerprint density at radius 3 is 2.45 bits per heavy atom. The molecule has 0 aromatic carbocycles. The van der Waals surface area contributed by atoms with Crippen LogP contribution >= 0.6 is 11.3 Å². The lowest BCUT2D eigenvalue weighted by Crippen LogP contribution is -2.42. The molecule has 1 heterocycles. The highest BCUT2D eigenvalue weighted by Gasteiger charge is 2.29. The van der Waals surface area contributed by atoms with Crippen LogP contribution in [0.25, 0.3) is 0 Å². The van der Waals surface area contributed by atoms with Gasteiger partial charge in [-0.25, -0.2) is 4.98 Å². The molecular weight excluding hydrogens is 266 g/mol. The molecule has 1 aliphatic rings. The summed E-state index contributed by atoms with van der Waals surface area (Å²) in [6, 6.07) is 1.54. The van der Waals surface area contributed by atoms with Crippen molar-refractivity contribution in [2.24, 2.45) is 5.73 Å². The molecule has 2 rings (SSSR count). The first-order valence-corrected chi connectivity index (χ1v) is 8.79. The molecule has 1 fully saturated rings. The maximum atomic E-state index is 6.06. The molecular formula is C16H29N3S. The second-order valence-electron chi connectivity index (χ2n) is 6.16. The molecule has 4 heteroatoms. The van der Waals surface area contributed by atoms with E-state index in [1.165, 1.54) is 47.7 Å². The van der Waals surface area contributed by atoms with E-state index in [2.05, 4.69) is 32.6 Å². The fourth-order valence-corrected chi connectivity index (χ4v) is 4.38. The molecule has 2 N–H and O–H groups in total. The second kappa shape index (κ2) is 7.01. The summed E-state index contributed by atoms with van der Waals surface area (Å²) in [4.78, 5) is 8.83. The van der Waals surface area contributed by atoms with Crippen molar-refractivity contribution in [3.63, 3.8) is 0 Å². The molecule has 3 nitrogen and oxygen atoms in total. The first-order valence-electron chi connectivity index (χ1n) is 7.98. The van der Waals surface area contributed by atoms with Gasteiger partial charge in [0, 0.05) is 17.0 Å². The molecule has 1 unspecified atom stereocenters. The number of thiazole rings is 1. The Morgan fingerprint density at radius 1 is 1.30 bits per heavy atom. The van der Waals surface area contributed by atoms with Gasteiger partial charge in [0.25, 0.3) is 0 Å². The van der Waals surface area contributed by atoms with Gasteiger partial charge in [-0.05, 0) is 59.4 Å². The lowest BCUT2D eigenvalue weighted by molar-refractivity contribution is 0.105. The van der Waals surface area contributed by atoms with Crippen molar-refractivity contribution in [2.75, 3.05) is 6.54 Å². The molecule has 20 heavy (non-hydrogen) atoms. The van der Waals surface area contributed by atoms with Crippen LogP contribution in [-0.4, -0.2) is 28.5 Å². The summed E-state index contributed by atoms with van der Waals surface area (Å²) in [6.07, 6.45) is 6.04. The van der Waals surface area contributed by atoms with Gasteiger partial charge in [-0.15, -0.1) is 11.3 Å². The zero-order valence-corrected chi connectivity index (χ0v) is 14.2. The lowest BCUT2D eigenvalue weighted by atomic mass is 9.89. The highest BCUT2D eigenvalue weighted by molar-refractivity contribution is 7.11. The topological polar surface area (TPSA) is 42.1 Å². The Labute approximate surface area is 127 Å². The van der Waals surface area contributed by atoms with Gasteiger partial charge in [-0.2, -0.15) is 0 Å². The fourth-order valence-electron chi connectivity index (χ4n) is 3.47. The molecule has 114 valence electrons. The predicted octanol–water partition coefficient (Wildman–Crippen LogP) is 3.80. The number of nitrogens with two attached hydrogens (primary N) is 1. The van der Waals surface area contributed by atoms with Gasteiger partial charge in [0.05, 0.1) is 16.7 Å². The maximum Gasteiger partial charge on any atom is 0.0900 e. The van der Waals surface area contributed by atoms with E-state index >= 15 is 0 Å². The van der Waals surface area contributed by atoms with E-state index in [0.717, 1.165) is 6.54 Å². The largest absolute Gasteiger partial charge is 0.328 e.